The van der Waals surface area contributed by atoms with Crippen molar-refractivity contribution in [3.8, 4) is 0 Å². The van der Waals surface area contributed by atoms with Gasteiger partial charge in [0.1, 0.15) is 5.02 Å². The molecule has 0 aliphatic rings. The summed E-state index contributed by atoms with van der Waals surface area (Å²) in [6.45, 7) is 0. The summed E-state index contributed by atoms with van der Waals surface area (Å²) >= 11 is 7.19. The quantitative estimate of drug-likeness (QED) is 0.521. The second-order valence-corrected chi connectivity index (χ2v) is 5.46. The average molecular weight is 324 g/mol. The zero-order chi connectivity index (χ0) is 15.2. The second-order valence-electron chi connectivity index (χ2n) is 4.02. The Morgan fingerprint density at radius 3 is 2.95 bits per heavy atom. The maximum absolute atomic E-state index is 11.6. The molecule has 108 valence electrons. The minimum absolute atomic E-state index is 0.0545. The van der Waals surface area contributed by atoms with E-state index in [2.05, 4.69) is 10.5 Å². The van der Waals surface area contributed by atoms with Gasteiger partial charge in [-0.1, -0.05) is 23.7 Å². The number of hydrogen-bond acceptors (Lipinski definition) is 5. The van der Waals surface area contributed by atoms with Crippen molar-refractivity contribution in [3.05, 3.63) is 61.3 Å². The molecule has 1 aromatic carbocycles. The number of nitro groups is 1. The standard InChI is InChI=1S/C13H10ClN3O3S/c14-11-4-3-9(6-12(11)17(19)20)8-15-16-13(18)7-10-2-1-5-21-10/h1-6,8H,7H2,(H,16,18)/b15-8-. The van der Waals surface area contributed by atoms with E-state index in [1.54, 1.807) is 6.07 Å². The Bertz CT molecular complexity index is 686. The van der Waals surface area contributed by atoms with E-state index in [0.29, 0.717) is 5.56 Å². The fraction of sp³-hybridized carbons (Fsp3) is 0.0769. The van der Waals surface area contributed by atoms with Gasteiger partial charge < -0.3 is 0 Å². The van der Waals surface area contributed by atoms with Crippen LogP contribution < -0.4 is 5.43 Å². The third-order valence-corrected chi connectivity index (χ3v) is 3.68. The van der Waals surface area contributed by atoms with Gasteiger partial charge in [0.2, 0.25) is 5.91 Å². The predicted molar refractivity (Wildman–Crippen MR) is 81.9 cm³/mol. The Hall–Kier alpha value is -2.25. The number of hydrazone groups is 1. The minimum Gasteiger partial charge on any atom is -0.273 e. The molecule has 0 spiro atoms. The number of nitrogens with one attached hydrogen (secondary N) is 1. The molecule has 0 atom stereocenters. The van der Waals surface area contributed by atoms with Crippen molar-refractivity contribution in [2.45, 2.75) is 6.42 Å². The number of nitrogens with zero attached hydrogens (tertiary/aromatic N) is 2. The number of hydrogen-bond donors (Lipinski definition) is 1. The lowest BCUT2D eigenvalue weighted by molar-refractivity contribution is -0.384. The van der Waals surface area contributed by atoms with Crippen molar-refractivity contribution in [1.29, 1.82) is 0 Å². The lowest BCUT2D eigenvalue weighted by Crippen LogP contribution is -2.19. The smallest absolute Gasteiger partial charge is 0.273 e. The molecular weight excluding hydrogens is 314 g/mol. The topological polar surface area (TPSA) is 84.6 Å². The van der Waals surface area contributed by atoms with Gasteiger partial charge >= 0.3 is 0 Å². The number of rotatable bonds is 5. The molecule has 1 amide bonds. The van der Waals surface area contributed by atoms with E-state index in [1.807, 2.05) is 17.5 Å². The third kappa shape index (κ3) is 4.37. The van der Waals surface area contributed by atoms with Crippen LogP contribution in [-0.4, -0.2) is 17.0 Å². The van der Waals surface area contributed by atoms with E-state index in [4.69, 9.17) is 11.6 Å². The summed E-state index contributed by atoms with van der Waals surface area (Å²) in [5, 5.41) is 16.5. The number of halogens is 1. The molecule has 6 nitrogen and oxygen atoms in total. The van der Waals surface area contributed by atoms with Crippen LogP contribution in [0.3, 0.4) is 0 Å². The van der Waals surface area contributed by atoms with Crippen LogP contribution in [0.1, 0.15) is 10.4 Å². The summed E-state index contributed by atoms with van der Waals surface area (Å²) in [5.41, 5.74) is 2.64. The van der Waals surface area contributed by atoms with Crippen LogP contribution in [0, 0.1) is 10.1 Å². The Kier molecular flexibility index (Phi) is 5.02. The van der Waals surface area contributed by atoms with E-state index < -0.39 is 4.92 Å². The number of nitro benzene ring substituents is 1. The van der Waals surface area contributed by atoms with Gasteiger partial charge in [-0.2, -0.15) is 5.10 Å². The molecule has 0 saturated carbocycles. The Balaban J connectivity index is 1.96. The molecule has 0 fully saturated rings. The molecule has 0 unspecified atom stereocenters. The monoisotopic (exact) mass is 323 g/mol. The summed E-state index contributed by atoms with van der Waals surface area (Å²) < 4.78 is 0. The van der Waals surface area contributed by atoms with Gasteiger partial charge in [-0.15, -0.1) is 11.3 Å². The van der Waals surface area contributed by atoms with E-state index in [-0.39, 0.29) is 23.0 Å². The molecular formula is C13H10ClN3O3S. The summed E-state index contributed by atoms with van der Waals surface area (Å²) in [7, 11) is 0. The summed E-state index contributed by atoms with van der Waals surface area (Å²) in [6, 6.07) is 8.00. The predicted octanol–water partition coefficient (Wildman–Crippen LogP) is 3.00. The third-order valence-electron chi connectivity index (χ3n) is 2.48. The highest BCUT2D eigenvalue weighted by Gasteiger charge is 2.11. The zero-order valence-corrected chi connectivity index (χ0v) is 12.2. The summed E-state index contributed by atoms with van der Waals surface area (Å²) in [5.74, 6) is -0.253. The van der Waals surface area contributed by atoms with Gasteiger partial charge in [-0.05, 0) is 17.5 Å². The number of carbonyl (C=O) groups is 1. The summed E-state index contributed by atoms with van der Waals surface area (Å²) in [6.07, 6.45) is 1.57. The number of amides is 1. The van der Waals surface area contributed by atoms with Gasteiger partial charge in [0, 0.05) is 16.5 Å². The van der Waals surface area contributed by atoms with Crippen LogP contribution in [0.25, 0.3) is 0 Å². The first-order chi connectivity index (χ1) is 10.1. The molecule has 0 bridgehead atoms. The molecule has 2 rings (SSSR count). The highest BCUT2D eigenvalue weighted by atomic mass is 35.5. The minimum atomic E-state index is -0.574. The highest BCUT2D eigenvalue weighted by molar-refractivity contribution is 7.10. The van der Waals surface area contributed by atoms with Crippen molar-refractivity contribution in [1.82, 2.24) is 5.43 Å². The molecule has 21 heavy (non-hydrogen) atoms. The van der Waals surface area contributed by atoms with Crippen molar-refractivity contribution < 1.29 is 9.72 Å². The van der Waals surface area contributed by atoms with Gasteiger partial charge in [-0.25, -0.2) is 5.43 Å². The van der Waals surface area contributed by atoms with E-state index in [1.165, 1.54) is 29.7 Å². The van der Waals surface area contributed by atoms with Crippen molar-refractivity contribution in [3.63, 3.8) is 0 Å². The zero-order valence-electron chi connectivity index (χ0n) is 10.7. The second kappa shape index (κ2) is 6.96. The molecule has 1 aromatic heterocycles. The molecule has 1 N–H and O–H groups in total. The Morgan fingerprint density at radius 2 is 2.29 bits per heavy atom. The van der Waals surface area contributed by atoms with Crippen molar-refractivity contribution in [2.24, 2.45) is 5.10 Å². The first-order valence-electron chi connectivity index (χ1n) is 5.84. The van der Waals surface area contributed by atoms with Crippen LogP contribution >= 0.6 is 22.9 Å². The average Bonchev–Trinajstić information content (AvgIpc) is 2.93. The highest BCUT2D eigenvalue weighted by Crippen LogP contribution is 2.24. The van der Waals surface area contributed by atoms with Crippen LogP contribution in [-0.2, 0) is 11.2 Å². The lowest BCUT2D eigenvalue weighted by Gasteiger charge is -1.98. The van der Waals surface area contributed by atoms with Gasteiger partial charge in [-0.3, -0.25) is 14.9 Å². The van der Waals surface area contributed by atoms with E-state index >= 15 is 0 Å². The molecule has 2 aromatic rings. The molecule has 0 aliphatic heterocycles. The summed E-state index contributed by atoms with van der Waals surface area (Å²) in [4.78, 5) is 22.7. The Morgan fingerprint density at radius 1 is 1.48 bits per heavy atom. The maximum atomic E-state index is 11.6. The van der Waals surface area contributed by atoms with Crippen molar-refractivity contribution in [2.75, 3.05) is 0 Å². The molecule has 0 aliphatic carbocycles. The number of carbonyl (C=O) groups excluding carboxylic acids is 1. The fourth-order valence-corrected chi connectivity index (χ4v) is 2.43. The van der Waals surface area contributed by atoms with Crippen LogP contribution in [0.15, 0.2) is 40.8 Å². The van der Waals surface area contributed by atoms with Gasteiger partial charge in [0.25, 0.3) is 5.69 Å². The molecule has 8 heteroatoms. The largest absolute Gasteiger partial charge is 0.288 e. The van der Waals surface area contributed by atoms with E-state index in [9.17, 15) is 14.9 Å². The molecule has 0 saturated heterocycles. The maximum Gasteiger partial charge on any atom is 0.288 e. The van der Waals surface area contributed by atoms with Crippen LogP contribution in [0.4, 0.5) is 5.69 Å². The number of benzene rings is 1. The lowest BCUT2D eigenvalue weighted by atomic mass is 10.2. The molecule has 0 radical (unpaired) electrons. The normalized spacial score (nSPS) is 10.7. The van der Waals surface area contributed by atoms with Crippen LogP contribution in [0.5, 0.6) is 0 Å². The van der Waals surface area contributed by atoms with E-state index in [0.717, 1.165) is 4.88 Å². The van der Waals surface area contributed by atoms with Gasteiger partial charge in [0.05, 0.1) is 17.6 Å². The number of thiophene rings is 1. The van der Waals surface area contributed by atoms with Crippen LogP contribution in [0.2, 0.25) is 5.02 Å². The fourth-order valence-electron chi connectivity index (χ4n) is 1.54. The first-order valence-corrected chi connectivity index (χ1v) is 7.10. The molecule has 1 heterocycles. The first kappa shape index (κ1) is 15.1. The van der Waals surface area contributed by atoms with Gasteiger partial charge in [0.15, 0.2) is 0 Å². The SMILES string of the molecule is O=C(Cc1cccs1)N/N=C\c1ccc(Cl)c([N+](=O)[O-])c1. The Labute approximate surface area is 129 Å². The van der Waals surface area contributed by atoms with Crippen molar-refractivity contribution >= 4 is 40.7 Å².